The van der Waals surface area contributed by atoms with Crippen LogP contribution in [0.4, 0.5) is 5.69 Å². The van der Waals surface area contributed by atoms with E-state index in [1.165, 1.54) is 19.3 Å². The largest absolute Gasteiger partial charge is 0.504 e. The smallest absolute Gasteiger partial charge is 0.248 e. The average molecular weight is 492 g/mol. The van der Waals surface area contributed by atoms with Crippen LogP contribution in [-0.2, 0) is 11.4 Å². The first-order chi connectivity index (χ1) is 16.5. The number of para-hydroxylation sites is 1. The Kier molecular flexibility index (Phi) is 8.53. The first-order valence-electron chi connectivity index (χ1n) is 10.7. The zero-order valence-electron chi connectivity index (χ0n) is 19.3. The number of aromatic nitrogens is 2. The van der Waals surface area contributed by atoms with E-state index in [0.29, 0.717) is 23.6 Å². The normalized spacial score (nSPS) is 10.6. The minimum Gasteiger partial charge on any atom is -0.504 e. The van der Waals surface area contributed by atoms with Crippen molar-refractivity contribution in [2.24, 2.45) is 0 Å². The number of aromatic hydroxyl groups is 1. The lowest BCUT2D eigenvalue weighted by Gasteiger charge is -2.12. The van der Waals surface area contributed by atoms with E-state index in [2.05, 4.69) is 10.3 Å². The molecule has 0 saturated heterocycles. The lowest BCUT2D eigenvalue weighted by atomic mass is 10.1. The third-order valence-corrected chi connectivity index (χ3v) is 5.15. The van der Waals surface area contributed by atoms with Crippen LogP contribution in [0.5, 0.6) is 17.2 Å². The number of benzene rings is 3. The summed E-state index contributed by atoms with van der Waals surface area (Å²) >= 11 is 0. The molecule has 0 saturated carbocycles. The quantitative estimate of drug-likeness (QED) is 0.316. The van der Waals surface area contributed by atoms with Gasteiger partial charge in [0.1, 0.15) is 12.4 Å². The van der Waals surface area contributed by atoms with Crippen molar-refractivity contribution >= 4 is 30.1 Å². The molecule has 0 fully saturated rings. The number of ether oxygens (including phenoxy) is 2. The number of methoxy groups -OCH3 is 1. The second kappa shape index (κ2) is 11.8. The van der Waals surface area contributed by atoms with Crippen LogP contribution in [0.25, 0.3) is 11.8 Å². The SMILES string of the molecule is COc1ccc(/C=C/C(=O)Nc2ccccc2COc2ccc(-n3cnc(C)c3)cc2)cc1O.Cl. The summed E-state index contributed by atoms with van der Waals surface area (Å²) in [6.07, 6.45) is 6.77. The van der Waals surface area contributed by atoms with Gasteiger partial charge in [-0.2, -0.15) is 0 Å². The summed E-state index contributed by atoms with van der Waals surface area (Å²) in [5, 5.41) is 12.8. The minimum absolute atomic E-state index is 0. The standard InChI is InChI=1S/C27H25N3O4.ClH/c1-19-16-30(18-28-19)22-9-11-23(12-10-22)34-17-21-5-3-4-6-24(21)29-27(32)14-8-20-7-13-26(33-2)25(31)15-20;/h3-16,18,31H,17H2,1-2H3,(H,29,32);1H/b14-8+;. The van der Waals surface area contributed by atoms with E-state index >= 15 is 0 Å². The van der Waals surface area contributed by atoms with Crippen LogP contribution in [0.1, 0.15) is 16.8 Å². The van der Waals surface area contributed by atoms with Crippen LogP contribution in [-0.4, -0.2) is 27.7 Å². The highest BCUT2D eigenvalue weighted by molar-refractivity contribution is 6.02. The molecule has 4 aromatic rings. The van der Waals surface area contributed by atoms with Crippen LogP contribution in [0.2, 0.25) is 0 Å². The lowest BCUT2D eigenvalue weighted by molar-refractivity contribution is -0.111. The van der Waals surface area contributed by atoms with Crippen LogP contribution >= 0.6 is 12.4 Å². The third-order valence-electron chi connectivity index (χ3n) is 5.15. The lowest BCUT2D eigenvalue weighted by Crippen LogP contribution is -2.10. The summed E-state index contributed by atoms with van der Waals surface area (Å²) in [5.74, 6) is 0.825. The van der Waals surface area contributed by atoms with Crippen LogP contribution in [0.3, 0.4) is 0 Å². The maximum absolute atomic E-state index is 12.5. The summed E-state index contributed by atoms with van der Waals surface area (Å²) in [6.45, 7) is 2.25. The summed E-state index contributed by atoms with van der Waals surface area (Å²) < 4.78 is 12.9. The van der Waals surface area contributed by atoms with Crippen molar-refractivity contribution in [2.75, 3.05) is 12.4 Å². The van der Waals surface area contributed by atoms with Crippen molar-refractivity contribution in [3.05, 3.63) is 102 Å². The molecule has 0 atom stereocenters. The number of halogens is 1. The number of nitrogens with one attached hydrogen (secondary N) is 1. The number of nitrogens with zero attached hydrogens (tertiary/aromatic N) is 2. The summed E-state index contributed by atoms with van der Waals surface area (Å²) in [5.41, 5.74) is 4.15. The molecule has 180 valence electrons. The molecule has 1 heterocycles. The molecule has 1 aromatic heterocycles. The van der Waals surface area contributed by atoms with Crippen LogP contribution < -0.4 is 14.8 Å². The zero-order chi connectivity index (χ0) is 23.9. The maximum Gasteiger partial charge on any atom is 0.248 e. The summed E-state index contributed by atoms with van der Waals surface area (Å²) in [6, 6.07) is 20.1. The number of amides is 1. The van der Waals surface area contributed by atoms with Crippen molar-refractivity contribution in [3.63, 3.8) is 0 Å². The highest BCUT2D eigenvalue weighted by Crippen LogP contribution is 2.27. The molecule has 0 aliphatic heterocycles. The molecule has 3 aromatic carbocycles. The number of phenols is 1. The Balaban J connectivity index is 0.00000342. The fourth-order valence-electron chi connectivity index (χ4n) is 3.36. The van der Waals surface area contributed by atoms with Gasteiger partial charge >= 0.3 is 0 Å². The second-order valence-electron chi connectivity index (χ2n) is 7.62. The van der Waals surface area contributed by atoms with Gasteiger partial charge in [-0.3, -0.25) is 4.79 Å². The highest BCUT2D eigenvalue weighted by atomic mass is 35.5. The van der Waals surface area contributed by atoms with Gasteiger partial charge in [-0.1, -0.05) is 24.3 Å². The van der Waals surface area contributed by atoms with Crippen molar-refractivity contribution < 1.29 is 19.4 Å². The van der Waals surface area contributed by atoms with Gasteiger partial charge in [0.15, 0.2) is 11.5 Å². The fraction of sp³-hybridized carbons (Fsp3) is 0.111. The molecule has 0 radical (unpaired) electrons. The van der Waals surface area contributed by atoms with Crippen molar-refractivity contribution in [2.45, 2.75) is 13.5 Å². The van der Waals surface area contributed by atoms with Crippen LogP contribution in [0.15, 0.2) is 85.3 Å². The molecule has 7 nitrogen and oxygen atoms in total. The topological polar surface area (TPSA) is 85.6 Å². The average Bonchev–Trinajstić information content (AvgIpc) is 3.29. The Morgan fingerprint density at radius 3 is 2.57 bits per heavy atom. The molecule has 0 spiro atoms. The second-order valence-corrected chi connectivity index (χ2v) is 7.62. The number of phenolic OH excluding ortho intramolecular Hbond substituents is 1. The molecule has 0 aliphatic rings. The third kappa shape index (κ3) is 6.65. The van der Waals surface area contributed by atoms with E-state index in [9.17, 15) is 9.90 Å². The molecule has 0 bridgehead atoms. The van der Waals surface area contributed by atoms with Gasteiger partial charge < -0.3 is 24.5 Å². The number of imidazole rings is 1. The molecule has 0 unspecified atom stereocenters. The Morgan fingerprint density at radius 2 is 1.89 bits per heavy atom. The Hall–Kier alpha value is -4.23. The number of aryl methyl sites for hydroxylation is 1. The fourth-order valence-corrected chi connectivity index (χ4v) is 3.36. The number of carbonyl (C=O) groups is 1. The maximum atomic E-state index is 12.5. The number of anilines is 1. The van der Waals surface area contributed by atoms with Gasteiger partial charge in [-0.15, -0.1) is 12.4 Å². The van der Waals surface area contributed by atoms with Gasteiger partial charge in [0, 0.05) is 29.2 Å². The van der Waals surface area contributed by atoms with E-state index in [0.717, 1.165) is 22.7 Å². The van der Waals surface area contributed by atoms with Crippen LogP contribution in [0, 0.1) is 6.92 Å². The molecular formula is C27H26ClN3O4. The number of carbonyl (C=O) groups excluding carboxylic acids is 1. The van der Waals surface area contributed by atoms with Gasteiger partial charge in [0.25, 0.3) is 0 Å². The molecule has 0 aliphatic carbocycles. The van der Waals surface area contributed by atoms with E-state index in [1.54, 1.807) is 24.5 Å². The van der Waals surface area contributed by atoms with Gasteiger partial charge in [-0.25, -0.2) is 4.98 Å². The van der Waals surface area contributed by atoms with Crippen molar-refractivity contribution in [3.8, 4) is 22.9 Å². The first-order valence-corrected chi connectivity index (χ1v) is 10.7. The number of hydrogen-bond acceptors (Lipinski definition) is 5. The summed E-state index contributed by atoms with van der Waals surface area (Å²) in [7, 11) is 1.48. The van der Waals surface area contributed by atoms with Crippen molar-refractivity contribution in [1.82, 2.24) is 9.55 Å². The highest BCUT2D eigenvalue weighted by Gasteiger charge is 2.07. The Bertz CT molecular complexity index is 1320. The molecule has 2 N–H and O–H groups in total. The van der Waals surface area contributed by atoms with Crippen molar-refractivity contribution in [1.29, 1.82) is 0 Å². The molecule has 8 heteroatoms. The first kappa shape index (κ1) is 25.4. The van der Waals surface area contributed by atoms with Gasteiger partial charge in [0.05, 0.1) is 19.1 Å². The Morgan fingerprint density at radius 1 is 1.11 bits per heavy atom. The number of hydrogen-bond donors (Lipinski definition) is 2. The molecule has 1 amide bonds. The van der Waals surface area contributed by atoms with Gasteiger partial charge in [-0.05, 0) is 61.0 Å². The molecule has 4 rings (SSSR count). The molecule has 35 heavy (non-hydrogen) atoms. The predicted octanol–water partition coefficient (Wildman–Crippen LogP) is 5.55. The number of rotatable bonds is 8. The van der Waals surface area contributed by atoms with Gasteiger partial charge in [0.2, 0.25) is 5.91 Å². The summed E-state index contributed by atoms with van der Waals surface area (Å²) in [4.78, 5) is 16.7. The monoisotopic (exact) mass is 491 g/mol. The molecular weight excluding hydrogens is 466 g/mol. The van der Waals surface area contributed by atoms with E-state index in [-0.39, 0.29) is 24.1 Å². The zero-order valence-corrected chi connectivity index (χ0v) is 20.2. The predicted molar refractivity (Wildman–Crippen MR) is 139 cm³/mol. The van der Waals surface area contributed by atoms with E-state index in [1.807, 2.05) is 66.2 Å². The minimum atomic E-state index is -0.289. The van der Waals surface area contributed by atoms with E-state index in [4.69, 9.17) is 9.47 Å². The Labute approximate surface area is 210 Å². The van der Waals surface area contributed by atoms with E-state index < -0.39 is 0 Å².